The van der Waals surface area contributed by atoms with Gasteiger partial charge in [-0.15, -0.1) is 0 Å². The number of nitrogens with one attached hydrogen (secondary N) is 1. The number of amides is 2. The molecule has 4 rings (SSSR count). The Balaban J connectivity index is 1.47. The minimum absolute atomic E-state index is 0.0278. The minimum Gasteiger partial charge on any atom is -0.375 e. The Morgan fingerprint density at radius 2 is 2.13 bits per heavy atom. The molecule has 1 N–H and O–H groups in total. The molecule has 1 aliphatic heterocycles. The van der Waals surface area contributed by atoms with Gasteiger partial charge in [0.15, 0.2) is 0 Å². The zero-order chi connectivity index (χ0) is 21.6. The Kier molecular flexibility index (Phi) is 6.62. The molecule has 1 atom stereocenters. The van der Waals surface area contributed by atoms with Crippen molar-refractivity contribution in [2.75, 3.05) is 26.8 Å². The normalized spacial score (nSPS) is 16.4. The van der Waals surface area contributed by atoms with Crippen LogP contribution in [0.25, 0.3) is 10.9 Å². The molecule has 1 saturated heterocycles. The number of H-pyrrole nitrogens is 1. The van der Waals surface area contributed by atoms with Crippen LogP contribution in [0, 0.1) is 0 Å². The van der Waals surface area contributed by atoms with Crippen molar-refractivity contribution in [1.82, 2.24) is 19.8 Å². The molecule has 1 unspecified atom stereocenters. The number of para-hydroxylation sites is 1. The van der Waals surface area contributed by atoms with Crippen LogP contribution in [0.2, 0.25) is 0 Å². The average Bonchev–Trinajstić information content (AvgIpc) is 3.21. The molecule has 3 aromatic rings. The fourth-order valence-corrected chi connectivity index (χ4v) is 4.30. The summed E-state index contributed by atoms with van der Waals surface area (Å²) in [6.07, 6.45) is 7.50. The number of nitrogens with zero attached hydrogens (tertiary/aromatic N) is 3. The number of hydrogen-bond acceptors (Lipinski definition) is 4. The minimum atomic E-state index is -0.0673. The average molecular weight is 421 g/mol. The second-order valence-corrected chi connectivity index (χ2v) is 7.99. The molecule has 7 heteroatoms. The molecule has 1 aromatic carbocycles. The molecule has 0 radical (unpaired) electrons. The molecule has 0 spiro atoms. The highest BCUT2D eigenvalue weighted by Crippen LogP contribution is 2.22. The van der Waals surface area contributed by atoms with Crippen LogP contribution >= 0.6 is 0 Å². The molecule has 2 amide bonds. The molecular formula is C24H28N4O3. The second-order valence-electron chi connectivity index (χ2n) is 7.99. The van der Waals surface area contributed by atoms with Crippen LogP contribution in [0.1, 0.15) is 24.0 Å². The van der Waals surface area contributed by atoms with Crippen molar-refractivity contribution in [2.45, 2.75) is 31.8 Å². The molecule has 1 fully saturated rings. The molecule has 162 valence electrons. The lowest BCUT2D eigenvalue weighted by Crippen LogP contribution is -2.52. The van der Waals surface area contributed by atoms with E-state index in [1.165, 1.54) is 7.11 Å². The highest BCUT2D eigenvalue weighted by molar-refractivity contribution is 5.89. The van der Waals surface area contributed by atoms with E-state index in [4.69, 9.17) is 4.74 Å². The van der Waals surface area contributed by atoms with Crippen molar-refractivity contribution in [2.24, 2.45) is 0 Å². The Hall–Kier alpha value is -3.19. The van der Waals surface area contributed by atoms with E-state index in [2.05, 4.69) is 9.97 Å². The highest BCUT2D eigenvalue weighted by atomic mass is 16.5. The summed E-state index contributed by atoms with van der Waals surface area (Å²) in [6.45, 7) is 1.75. The Bertz CT molecular complexity index is 1030. The van der Waals surface area contributed by atoms with Gasteiger partial charge in [-0.25, -0.2) is 0 Å². The summed E-state index contributed by atoms with van der Waals surface area (Å²) in [7, 11) is 1.53. The van der Waals surface area contributed by atoms with E-state index in [-0.39, 0.29) is 24.5 Å². The standard InChI is InChI=1S/C24H28N4O3/c1-31-17-24(30)28(15-18-6-4-10-25-13-18)20-7-5-11-27(16-20)23(29)12-19-14-26-22-9-3-2-8-21(19)22/h2-4,6,8-10,13-14,20,26H,5,7,11-12,15-17H2,1H3. The topological polar surface area (TPSA) is 78.5 Å². The molecule has 1 aliphatic rings. The number of carbonyl (C=O) groups excluding carboxylic acids is 2. The summed E-state index contributed by atoms with van der Waals surface area (Å²) < 4.78 is 5.11. The van der Waals surface area contributed by atoms with Gasteiger partial charge in [0.05, 0.1) is 6.42 Å². The number of hydrogen-bond donors (Lipinski definition) is 1. The first-order chi connectivity index (χ1) is 15.2. The summed E-state index contributed by atoms with van der Waals surface area (Å²) in [5.41, 5.74) is 3.01. The largest absolute Gasteiger partial charge is 0.375 e. The summed E-state index contributed by atoms with van der Waals surface area (Å²) in [5, 5.41) is 1.08. The summed E-state index contributed by atoms with van der Waals surface area (Å²) in [5.74, 6) is 0.0252. The lowest BCUT2D eigenvalue weighted by Gasteiger charge is -2.39. The maximum absolute atomic E-state index is 13.1. The number of piperidine rings is 1. The number of likely N-dealkylation sites (tertiary alicyclic amines) is 1. The number of aromatic amines is 1. The van der Waals surface area contributed by atoms with Crippen LogP contribution in [0.15, 0.2) is 55.0 Å². The predicted molar refractivity (Wildman–Crippen MR) is 118 cm³/mol. The Morgan fingerprint density at radius 1 is 1.26 bits per heavy atom. The lowest BCUT2D eigenvalue weighted by molar-refractivity contribution is -0.142. The Labute approximate surface area is 182 Å². The molecule has 7 nitrogen and oxygen atoms in total. The van der Waals surface area contributed by atoms with Gasteiger partial charge in [-0.2, -0.15) is 0 Å². The van der Waals surface area contributed by atoms with E-state index >= 15 is 0 Å². The van der Waals surface area contributed by atoms with Crippen LogP contribution in [0.4, 0.5) is 0 Å². The quantitative estimate of drug-likeness (QED) is 0.638. The molecule has 3 heterocycles. The van der Waals surface area contributed by atoms with Crippen molar-refractivity contribution in [3.8, 4) is 0 Å². The number of benzene rings is 1. The maximum atomic E-state index is 13.1. The fourth-order valence-electron chi connectivity index (χ4n) is 4.30. The number of carbonyl (C=O) groups is 2. The van der Waals surface area contributed by atoms with Gasteiger partial charge in [0.2, 0.25) is 11.8 Å². The van der Waals surface area contributed by atoms with E-state index in [9.17, 15) is 9.59 Å². The first kappa shape index (κ1) is 21.1. The first-order valence-corrected chi connectivity index (χ1v) is 10.7. The third-order valence-corrected chi connectivity index (χ3v) is 5.87. The first-order valence-electron chi connectivity index (χ1n) is 10.7. The van der Waals surface area contributed by atoms with Crippen molar-refractivity contribution >= 4 is 22.7 Å². The van der Waals surface area contributed by atoms with Crippen molar-refractivity contribution in [1.29, 1.82) is 0 Å². The molecular weight excluding hydrogens is 392 g/mol. The highest BCUT2D eigenvalue weighted by Gasteiger charge is 2.31. The number of pyridine rings is 1. The van der Waals surface area contributed by atoms with Crippen LogP contribution in [0.5, 0.6) is 0 Å². The molecule has 2 aromatic heterocycles. The summed E-state index contributed by atoms with van der Waals surface area (Å²) in [4.78, 5) is 37.0. The zero-order valence-electron chi connectivity index (χ0n) is 17.8. The van der Waals surface area contributed by atoms with Gasteiger partial charge < -0.3 is 19.5 Å². The summed E-state index contributed by atoms with van der Waals surface area (Å²) >= 11 is 0. The van der Waals surface area contributed by atoms with Crippen LogP contribution in [0.3, 0.4) is 0 Å². The second kappa shape index (κ2) is 9.75. The van der Waals surface area contributed by atoms with E-state index < -0.39 is 0 Å². The molecule has 0 bridgehead atoms. The molecule has 0 saturated carbocycles. The van der Waals surface area contributed by atoms with Crippen molar-refractivity contribution < 1.29 is 14.3 Å². The van der Waals surface area contributed by atoms with Gasteiger partial charge in [0, 0.05) is 62.3 Å². The van der Waals surface area contributed by atoms with Crippen molar-refractivity contribution in [3.05, 3.63) is 66.1 Å². The monoisotopic (exact) mass is 420 g/mol. The molecule has 31 heavy (non-hydrogen) atoms. The third-order valence-electron chi connectivity index (χ3n) is 5.87. The van der Waals surface area contributed by atoms with Crippen LogP contribution in [-0.4, -0.2) is 64.4 Å². The summed E-state index contributed by atoms with van der Waals surface area (Å²) in [6, 6.07) is 11.8. The smallest absolute Gasteiger partial charge is 0.249 e. The lowest BCUT2D eigenvalue weighted by atomic mass is 10.0. The van der Waals surface area contributed by atoms with Crippen molar-refractivity contribution in [3.63, 3.8) is 0 Å². The number of rotatable bonds is 7. The van der Waals surface area contributed by atoms with E-state index in [0.29, 0.717) is 19.5 Å². The third kappa shape index (κ3) is 4.94. The zero-order valence-corrected chi connectivity index (χ0v) is 17.8. The fraction of sp³-hybridized carbons (Fsp3) is 0.375. The van der Waals surface area contributed by atoms with Gasteiger partial charge in [-0.05, 0) is 36.1 Å². The maximum Gasteiger partial charge on any atom is 0.249 e. The number of ether oxygens (including phenoxy) is 1. The van der Waals surface area contributed by atoms with Crippen LogP contribution < -0.4 is 0 Å². The van der Waals surface area contributed by atoms with Gasteiger partial charge in [0.1, 0.15) is 6.61 Å². The number of methoxy groups -OCH3 is 1. The van der Waals surface area contributed by atoms with Gasteiger partial charge >= 0.3 is 0 Å². The number of aromatic nitrogens is 2. The van der Waals surface area contributed by atoms with Crippen LogP contribution in [-0.2, 0) is 27.3 Å². The van der Waals surface area contributed by atoms with Gasteiger partial charge in [0.25, 0.3) is 0 Å². The van der Waals surface area contributed by atoms with Gasteiger partial charge in [-0.1, -0.05) is 24.3 Å². The Morgan fingerprint density at radius 3 is 2.94 bits per heavy atom. The van der Waals surface area contributed by atoms with E-state index in [1.54, 1.807) is 12.4 Å². The predicted octanol–water partition coefficient (Wildman–Crippen LogP) is 2.77. The van der Waals surface area contributed by atoms with E-state index in [1.807, 2.05) is 52.4 Å². The number of fused-ring (bicyclic) bond motifs is 1. The SMILES string of the molecule is COCC(=O)N(Cc1cccnc1)C1CCCN(C(=O)Cc2c[nH]c3ccccc23)C1. The van der Waals surface area contributed by atoms with E-state index in [0.717, 1.165) is 41.4 Å². The van der Waals surface area contributed by atoms with Gasteiger partial charge in [-0.3, -0.25) is 14.6 Å². The molecule has 0 aliphatic carbocycles.